The van der Waals surface area contributed by atoms with Crippen LogP contribution in [-0.4, -0.2) is 27.9 Å². The van der Waals surface area contributed by atoms with Gasteiger partial charge in [0.15, 0.2) is 0 Å². The fourth-order valence-corrected chi connectivity index (χ4v) is 3.80. The molecule has 34 heavy (non-hydrogen) atoms. The Morgan fingerprint density at radius 3 is 2.47 bits per heavy atom. The van der Waals surface area contributed by atoms with Gasteiger partial charge in [-0.25, -0.2) is 9.59 Å². The molecule has 0 saturated carbocycles. The number of nitrogens with zero attached hydrogens (tertiary/aromatic N) is 1. The van der Waals surface area contributed by atoms with Gasteiger partial charge in [-0.05, 0) is 47.5 Å². The molecule has 172 valence electrons. The smallest absolute Gasteiger partial charge is 0.335 e. The lowest BCUT2D eigenvalue weighted by atomic mass is 10.1. The summed E-state index contributed by atoms with van der Waals surface area (Å²) in [5.41, 5.74) is 2.27. The number of carboxylic acid groups (broad SMARTS) is 1. The van der Waals surface area contributed by atoms with Crippen molar-refractivity contribution in [2.45, 2.75) is 13.2 Å². The van der Waals surface area contributed by atoms with Gasteiger partial charge in [0.05, 0.1) is 12.1 Å². The van der Waals surface area contributed by atoms with Crippen LogP contribution in [0.1, 0.15) is 27.0 Å². The Labute approximate surface area is 205 Å². The highest BCUT2D eigenvalue weighted by molar-refractivity contribution is 6.35. The Bertz CT molecular complexity index is 1300. The van der Waals surface area contributed by atoms with Crippen LogP contribution in [0.2, 0.25) is 10.0 Å². The van der Waals surface area contributed by atoms with Gasteiger partial charge in [0, 0.05) is 15.6 Å². The third-order valence-electron chi connectivity index (χ3n) is 5.12. The molecule has 3 aromatic carbocycles. The Balaban J connectivity index is 1.50. The van der Waals surface area contributed by atoms with Gasteiger partial charge in [0.2, 0.25) is 0 Å². The van der Waals surface area contributed by atoms with Crippen molar-refractivity contribution in [3.63, 3.8) is 0 Å². The average Bonchev–Trinajstić information content (AvgIpc) is 3.07. The van der Waals surface area contributed by atoms with Crippen LogP contribution in [0.5, 0.6) is 5.75 Å². The summed E-state index contributed by atoms with van der Waals surface area (Å²) < 4.78 is 5.89. The van der Waals surface area contributed by atoms with Crippen LogP contribution < -0.4 is 10.1 Å². The molecule has 1 fully saturated rings. The van der Waals surface area contributed by atoms with Crippen molar-refractivity contribution in [2.24, 2.45) is 0 Å². The molecule has 0 atom stereocenters. The molecule has 7 nitrogen and oxygen atoms in total. The Morgan fingerprint density at radius 1 is 1.03 bits per heavy atom. The number of aromatic carboxylic acids is 1. The normalized spacial score (nSPS) is 14.4. The number of carbonyl (C=O) groups is 3. The molecule has 0 aliphatic carbocycles. The summed E-state index contributed by atoms with van der Waals surface area (Å²) in [5.74, 6) is -0.992. The van der Waals surface area contributed by atoms with Crippen molar-refractivity contribution in [1.29, 1.82) is 0 Å². The van der Waals surface area contributed by atoms with E-state index in [4.69, 9.17) is 33.0 Å². The highest BCUT2D eigenvalue weighted by Crippen LogP contribution is 2.26. The number of ether oxygens (including phenoxy) is 1. The van der Waals surface area contributed by atoms with Crippen LogP contribution in [0, 0.1) is 0 Å². The molecule has 1 heterocycles. The van der Waals surface area contributed by atoms with E-state index in [9.17, 15) is 14.4 Å². The number of carboxylic acids is 1. The number of halogens is 2. The minimum Gasteiger partial charge on any atom is -0.488 e. The van der Waals surface area contributed by atoms with Gasteiger partial charge in [-0.3, -0.25) is 9.69 Å². The van der Waals surface area contributed by atoms with Gasteiger partial charge in [0.1, 0.15) is 18.1 Å². The molecular formula is C25H18Cl2N2O5. The van der Waals surface area contributed by atoms with Gasteiger partial charge >= 0.3 is 12.0 Å². The molecule has 2 N–H and O–H groups in total. The summed E-state index contributed by atoms with van der Waals surface area (Å²) in [4.78, 5) is 37.4. The molecule has 0 bridgehead atoms. The largest absolute Gasteiger partial charge is 0.488 e. The van der Waals surface area contributed by atoms with E-state index in [0.717, 1.165) is 10.5 Å². The number of carbonyl (C=O) groups excluding carboxylic acids is 2. The number of rotatable bonds is 7. The second-order valence-corrected chi connectivity index (χ2v) is 8.29. The minimum atomic E-state index is -1.000. The lowest BCUT2D eigenvalue weighted by Crippen LogP contribution is -2.30. The highest BCUT2D eigenvalue weighted by atomic mass is 35.5. The molecule has 0 aromatic heterocycles. The first-order valence-corrected chi connectivity index (χ1v) is 10.9. The maximum absolute atomic E-state index is 12.9. The number of hydrogen-bond donors (Lipinski definition) is 2. The Morgan fingerprint density at radius 2 is 1.76 bits per heavy atom. The molecule has 1 aliphatic heterocycles. The van der Waals surface area contributed by atoms with E-state index in [1.165, 1.54) is 12.1 Å². The fourth-order valence-electron chi connectivity index (χ4n) is 3.33. The maximum Gasteiger partial charge on any atom is 0.335 e. The van der Waals surface area contributed by atoms with Crippen molar-refractivity contribution in [2.75, 3.05) is 0 Å². The van der Waals surface area contributed by atoms with E-state index in [0.29, 0.717) is 26.9 Å². The van der Waals surface area contributed by atoms with E-state index in [1.54, 1.807) is 60.7 Å². The number of benzene rings is 3. The zero-order chi connectivity index (χ0) is 24.2. The van der Waals surface area contributed by atoms with Crippen LogP contribution in [0.3, 0.4) is 0 Å². The molecule has 9 heteroatoms. The standard InChI is InChI=1S/C25H18Cl2N2O5/c26-19-10-9-18(20(27)12-19)13-29-23(30)21(28-25(29)33)11-17-3-1-2-4-22(17)34-14-15-5-7-16(8-6-15)24(31)32/h1-12H,13-14H2,(H,28,33)(H,31,32)/b21-11-. The average molecular weight is 497 g/mol. The number of hydrogen-bond acceptors (Lipinski definition) is 4. The van der Waals surface area contributed by atoms with Crippen molar-refractivity contribution in [1.82, 2.24) is 10.2 Å². The molecule has 0 radical (unpaired) electrons. The highest BCUT2D eigenvalue weighted by Gasteiger charge is 2.34. The summed E-state index contributed by atoms with van der Waals surface area (Å²) in [6.07, 6.45) is 1.55. The van der Waals surface area contributed by atoms with Crippen LogP contribution in [0.15, 0.2) is 72.4 Å². The second kappa shape index (κ2) is 9.99. The molecule has 4 rings (SSSR count). The zero-order valence-corrected chi connectivity index (χ0v) is 19.1. The van der Waals surface area contributed by atoms with E-state index in [1.807, 2.05) is 0 Å². The Kier molecular flexibility index (Phi) is 6.86. The molecule has 3 aromatic rings. The summed E-state index contributed by atoms with van der Waals surface area (Å²) in [5, 5.41) is 12.4. The summed E-state index contributed by atoms with van der Waals surface area (Å²) >= 11 is 12.1. The van der Waals surface area contributed by atoms with Gasteiger partial charge in [-0.2, -0.15) is 0 Å². The molecule has 1 aliphatic rings. The van der Waals surface area contributed by atoms with Crippen LogP contribution in [-0.2, 0) is 17.9 Å². The first-order valence-electron chi connectivity index (χ1n) is 10.1. The zero-order valence-electron chi connectivity index (χ0n) is 17.6. The van der Waals surface area contributed by atoms with Crippen molar-refractivity contribution in [3.05, 3.63) is 105 Å². The summed E-state index contributed by atoms with van der Waals surface area (Å²) in [6.45, 7) is 0.198. The lowest BCUT2D eigenvalue weighted by Gasteiger charge is -2.13. The lowest BCUT2D eigenvalue weighted by molar-refractivity contribution is -0.123. The SMILES string of the molecule is O=C(O)c1ccc(COc2ccccc2/C=C2\NC(=O)N(Cc3ccc(Cl)cc3Cl)C2=O)cc1. The minimum absolute atomic E-state index is 0.00247. The number of urea groups is 1. The quantitative estimate of drug-likeness (QED) is 0.338. The van der Waals surface area contributed by atoms with Crippen LogP contribution in [0.4, 0.5) is 4.79 Å². The second-order valence-electron chi connectivity index (χ2n) is 7.44. The number of nitrogens with one attached hydrogen (secondary N) is 1. The van der Waals surface area contributed by atoms with Gasteiger partial charge in [-0.1, -0.05) is 59.6 Å². The van der Waals surface area contributed by atoms with Crippen molar-refractivity contribution >= 4 is 47.2 Å². The summed E-state index contributed by atoms with van der Waals surface area (Å²) in [7, 11) is 0. The molecule has 3 amide bonds. The number of para-hydroxylation sites is 1. The van der Waals surface area contributed by atoms with E-state index in [2.05, 4.69) is 5.32 Å². The van der Waals surface area contributed by atoms with E-state index < -0.39 is 17.9 Å². The topological polar surface area (TPSA) is 95.9 Å². The molecule has 1 saturated heterocycles. The predicted molar refractivity (Wildman–Crippen MR) is 128 cm³/mol. The molecular weight excluding hydrogens is 479 g/mol. The third kappa shape index (κ3) is 5.22. The van der Waals surface area contributed by atoms with Crippen LogP contribution in [0.25, 0.3) is 6.08 Å². The van der Waals surface area contributed by atoms with Crippen LogP contribution >= 0.6 is 23.2 Å². The van der Waals surface area contributed by atoms with Gasteiger partial charge < -0.3 is 15.2 Å². The summed E-state index contributed by atoms with van der Waals surface area (Å²) in [6, 6.07) is 17.7. The van der Waals surface area contributed by atoms with Crippen molar-refractivity contribution < 1.29 is 24.2 Å². The molecule has 0 unspecified atom stereocenters. The van der Waals surface area contributed by atoms with E-state index >= 15 is 0 Å². The first kappa shape index (κ1) is 23.4. The maximum atomic E-state index is 12.9. The Hall–Kier alpha value is -3.81. The third-order valence-corrected chi connectivity index (χ3v) is 5.71. The number of imide groups is 1. The molecule has 0 spiro atoms. The van der Waals surface area contributed by atoms with Gasteiger partial charge in [-0.15, -0.1) is 0 Å². The first-order chi connectivity index (χ1) is 16.3. The predicted octanol–water partition coefficient (Wildman–Crippen LogP) is 5.36. The number of amides is 3. The van der Waals surface area contributed by atoms with E-state index in [-0.39, 0.29) is 24.4 Å². The van der Waals surface area contributed by atoms with Gasteiger partial charge in [0.25, 0.3) is 5.91 Å². The fraction of sp³-hybridized carbons (Fsp3) is 0.0800. The monoisotopic (exact) mass is 496 g/mol. The van der Waals surface area contributed by atoms with Crippen molar-refractivity contribution in [3.8, 4) is 5.75 Å².